The maximum atomic E-state index is 11.1. The number of carboxylic acid groups (broad SMARTS) is 1. The van der Waals surface area contributed by atoms with Crippen molar-refractivity contribution in [2.24, 2.45) is 0 Å². The van der Waals surface area contributed by atoms with Crippen molar-refractivity contribution in [1.29, 1.82) is 0 Å². The van der Waals surface area contributed by atoms with E-state index in [0.29, 0.717) is 11.7 Å². The first-order valence-electron chi connectivity index (χ1n) is 6.94. The number of carbonyl (C=O) groups is 1. The molecule has 0 aromatic heterocycles. The first-order valence-corrected chi connectivity index (χ1v) is 6.94. The van der Waals surface area contributed by atoms with Crippen molar-refractivity contribution in [3.63, 3.8) is 0 Å². The van der Waals surface area contributed by atoms with Crippen molar-refractivity contribution in [1.82, 2.24) is 0 Å². The van der Waals surface area contributed by atoms with Crippen molar-refractivity contribution >= 4 is 17.3 Å². The molecule has 1 saturated heterocycles. The fraction of sp³-hybridized carbons (Fsp3) is 0.500. The van der Waals surface area contributed by atoms with Crippen molar-refractivity contribution < 1.29 is 19.7 Å². The molecule has 1 N–H and O–H groups in total. The number of likely N-dealkylation sites (tertiary alicyclic amines) is 1. The number of aromatic carboxylic acids is 1. The van der Waals surface area contributed by atoms with Gasteiger partial charge in [0.2, 0.25) is 0 Å². The fourth-order valence-corrected chi connectivity index (χ4v) is 2.76. The number of nitro benzene ring substituents is 1. The Kier molecular flexibility index (Phi) is 4.42. The molecule has 21 heavy (non-hydrogen) atoms. The Morgan fingerprint density at radius 3 is 2.52 bits per heavy atom. The van der Waals surface area contributed by atoms with E-state index in [1.807, 2.05) is 11.9 Å². The van der Waals surface area contributed by atoms with Gasteiger partial charge < -0.3 is 19.7 Å². The van der Waals surface area contributed by atoms with Crippen molar-refractivity contribution in [2.45, 2.75) is 18.9 Å². The van der Waals surface area contributed by atoms with Crippen LogP contribution in [0.4, 0.5) is 11.4 Å². The Morgan fingerprint density at radius 2 is 2.00 bits per heavy atom. The van der Waals surface area contributed by atoms with Crippen LogP contribution in [-0.4, -0.2) is 44.1 Å². The van der Waals surface area contributed by atoms with E-state index in [0.717, 1.165) is 25.9 Å². The summed E-state index contributed by atoms with van der Waals surface area (Å²) in [6.07, 6.45) is 2.03. The molecule has 0 amide bonds. The molecular weight excluding hydrogens is 274 g/mol. The van der Waals surface area contributed by atoms with Crippen LogP contribution in [-0.2, 0) is 0 Å². The first-order chi connectivity index (χ1) is 9.90. The lowest BCUT2D eigenvalue weighted by Crippen LogP contribution is -3.10. The normalized spacial score (nSPS) is 21.8. The van der Waals surface area contributed by atoms with Crippen LogP contribution >= 0.6 is 0 Å². The molecule has 1 aliphatic rings. The van der Waals surface area contributed by atoms with E-state index in [1.54, 1.807) is 6.07 Å². The Morgan fingerprint density at radius 1 is 1.38 bits per heavy atom. The van der Waals surface area contributed by atoms with Crippen molar-refractivity contribution in [2.75, 3.05) is 32.1 Å². The van der Waals surface area contributed by atoms with Crippen molar-refractivity contribution in [3.05, 3.63) is 33.9 Å². The van der Waals surface area contributed by atoms with E-state index in [9.17, 15) is 20.0 Å². The molecule has 0 unspecified atom stereocenters. The third-order valence-corrected chi connectivity index (χ3v) is 4.16. The quantitative estimate of drug-likeness (QED) is 0.572. The van der Waals surface area contributed by atoms with Gasteiger partial charge in [0, 0.05) is 37.7 Å². The van der Waals surface area contributed by atoms with Gasteiger partial charge in [0.15, 0.2) is 0 Å². The van der Waals surface area contributed by atoms with E-state index < -0.39 is 16.6 Å². The van der Waals surface area contributed by atoms with Gasteiger partial charge in [-0.1, -0.05) is 0 Å². The van der Waals surface area contributed by atoms with Gasteiger partial charge >= 0.3 is 0 Å². The summed E-state index contributed by atoms with van der Waals surface area (Å²) in [5.74, 6) is -1.52. The number of carboxylic acids is 1. The predicted octanol–water partition coefficient (Wildman–Crippen LogP) is -0.928. The molecular formula is C14H19N3O4. The zero-order valence-corrected chi connectivity index (χ0v) is 12.2. The average molecular weight is 293 g/mol. The van der Waals surface area contributed by atoms with Gasteiger partial charge in [0.05, 0.1) is 36.6 Å². The smallest absolute Gasteiger partial charge is 0.278 e. The number of hydrogen-bond acceptors (Lipinski definition) is 5. The monoisotopic (exact) mass is 293 g/mol. The van der Waals surface area contributed by atoms with E-state index >= 15 is 0 Å². The summed E-state index contributed by atoms with van der Waals surface area (Å²) in [5.41, 5.74) is -0.132. The van der Waals surface area contributed by atoms with Gasteiger partial charge in [0.25, 0.3) is 5.69 Å². The van der Waals surface area contributed by atoms with Crippen LogP contribution in [0.3, 0.4) is 0 Å². The highest BCUT2D eigenvalue weighted by Gasteiger charge is 2.24. The van der Waals surface area contributed by atoms with Crippen LogP contribution in [0, 0.1) is 10.1 Å². The maximum Gasteiger partial charge on any atom is 0.278 e. The molecule has 1 heterocycles. The van der Waals surface area contributed by atoms with E-state index in [2.05, 4.69) is 7.05 Å². The molecule has 1 aliphatic heterocycles. The third-order valence-electron chi connectivity index (χ3n) is 4.16. The second kappa shape index (κ2) is 6.09. The fourth-order valence-electron chi connectivity index (χ4n) is 2.76. The van der Waals surface area contributed by atoms with Crippen LogP contribution in [0.1, 0.15) is 23.2 Å². The number of hydrogen-bond donors (Lipinski definition) is 1. The zero-order valence-electron chi connectivity index (χ0n) is 12.2. The summed E-state index contributed by atoms with van der Waals surface area (Å²) < 4.78 is 0. The highest BCUT2D eigenvalue weighted by molar-refractivity contribution is 5.92. The van der Waals surface area contributed by atoms with Crippen LogP contribution in [0.5, 0.6) is 0 Å². The van der Waals surface area contributed by atoms with Crippen LogP contribution in [0.25, 0.3) is 0 Å². The minimum absolute atomic E-state index is 0.324. The van der Waals surface area contributed by atoms with Crippen LogP contribution in [0.2, 0.25) is 0 Å². The van der Waals surface area contributed by atoms with E-state index in [-0.39, 0.29) is 5.56 Å². The molecule has 0 bridgehead atoms. The topological polar surface area (TPSA) is 90.9 Å². The number of nitrogens with zero attached hydrogens (tertiary/aromatic N) is 2. The molecule has 0 spiro atoms. The SMILES string of the molecule is CN(c1ccc([N+](=O)[O-])c(C(=O)[O-])c1)C1CC[NH+](C)CC1. The van der Waals surface area contributed by atoms with Gasteiger partial charge in [-0.15, -0.1) is 0 Å². The number of benzene rings is 1. The number of carbonyl (C=O) groups excluding carboxylic acids is 1. The van der Waals surface area contributed by atoms with Gasteiger partial charge in [-0.05, 0) is 12.1 Å². The van der Waals surface area contributed by atoms with Gasteiger partial charge in [0.1, 0.15) is 0 Å². The Balaban J connectivity index is 2.25. The zero-order chi connectivity index (χ0) is 15.6. The minimum Gasteiger partial charge on any atom is -0.545 e. The molecule has 7 nitrogen and oxygen atoms in total. The molecule has 114 valence electrons. The maximum absolute atomic E-state index is 11.1. The molecule has 0 atom stereocenters. The second-order valence-electron chi connectivity index (χ2n) is 5.55. The Hall–Kier alpha value is -2.15. The molecule has 0 radical (unpaired) electrons. The number of anilines is 1. The number of rotatable bonds is 4. The molecule has 0 saturated carbocycles. The predicted molar refractivity (Wildman–Crippen MR) is 75.5 cm³/mol. The molecule has 1 aromatic carbocycles. The molecule has 1 aromatic rings. The van der Waals surface area contributed by atoms with Crippen molar-refractivity contribution in [3.8, 4) is 0 Å². The summed E-state index contributed by atoms with van der Waals surface area (Å²) in [6, 6.07) is 4.48. The summed E-state index contributed by atoms with van der Waals surface area (Å²) in [7, 11) is 4.04. The lowest BCUT2D eigenvalue weighted by atomic mass is 10.0. The van der Waals surface area contributed by atoms with Gasteiger partial charge in [-0.25, -0.2) is 0 Å². The van der Waals surface area contributed by atoms with Gasteiger partial charge in [-0.2, -0.15) is 0 Å². The lowest BCUT2D eigenvalue weighted by Gasteiger charge is -2.34. The summed E-state index contributed by atoms with van der Waals surface area (Å²) in [5, 5.41) is 21.9. The summed E-state index contributed by atoms with van der Waals surface area (Å²) in [4.78, 5) is 24.7. The van der Waals surface area contributed by atoms with Crippen LogP contribution in [0.15, 0.2) is 18.2 Å². The second-order valence-corrected chi connectivity index (χ2v) is 5.55. The van der Waals surface area contributed by atoms with Gasteiger partial charge in [-0.3, -0.25) is 10.1 Å². The largest absolute Gasteiger partial charge is 0.545 e. The number of piperidine rings is 1. The lowest BCUT2D eigenvalue weighted by molar-refractivity contribution is -0.884. The Bertz CT molecular complexity index is 553. The van der Waals surface area contributed by atoms with Crippen LogP contribution < -0.4 is 14.9 Å². The standard InChI is InChI=1S/C14H19N3O4/c1-15-7-5-10(6-8-15)16(2)11-3-4-13(17(20)21)12(9-11)14(18)19/h3-4,9-10H,5-8H2,1-2H3,(H,18,19). The highest BCUT2D eigenvalue weighted by Crippen LogP contribution is 2.26. The number of nitrogens with one attached hydrogen (secondary N) is 1. The molecule has 1 fully saturated rings. The minimum atomic E-state index is -1.52. The summed E-state index contributed by atoms with van der Waals surface area (Å²) >= 11 is 0. The average Bonchev–Trinajstić information content (AvgIpc) is 2.46. The molecule has 0 aliphatic carbocycles. The first kappa shape index (κ1) is 15.2. The number of nitro groups is 1. The Labute approximate surface area is 122 Å². The van der Waals surface area contributed by atoms with E-state index in [4.69, 9.17) is 0 Å². The molecule has 2 rings (SSSR count). The third kappa shape index (κ3) is 3.30. The summed E-state index contributed by atoms with van der Waals surface area (Å²) in [6.45, 7) is 2.13. The van der Waals surface area contributed by atoms with E-state index in [1.165, 1.54) is 17.0 Å². The number of quaternary nitrogens is 1. The molecule has 7 heteroatoms. The highest BCUT2D eigenvalue weighted by atomic mass is 16.6.